The van der Waals surface area contributed by atoms with Gasteiger partial charge in [0, 0.05) is 40.6 Å². The van der Waals surface area contributed by atoms with Crippen LogP contribution in [0.3, 0.4) is 0 Å². The van der Waals surface area contributed by atoms with Gasteiger partial charge in [-0.15, -0.1) is 0 Å². The van der Waals surface area contributed by atoms with Gasteiger partial charge in [0.1, 0.15) is 5.75 Å². The van der Waals surface area contributed by atoms with E-state index in [1.165, 1.54) is 0 Å². The molecule has 3 aromatic rings. The van der Waals surface area contributed by atoms with Gasteiger partial charge < -0.3 is 15.0 Å². The quantitative estimate of drug-likeness (QED) is 0.545. The maximum absolute atomic E-state index is 13.1. The number of ether oxygens (including phenoxy) is 1. The van der Waals surface area contributed by atoms with Crippen molar-refractivity contribution in [3.8, 4) is 5.75 Å². The van der Waals surface area contributed by atoms with E-state index in [-0.39, 0.29) is 11.9 Å². The zero-order valence-electron chi connectivity index (χ0n) is 17.8. The molecule has 3 aromatic carbocycles. The number of para-hydroxylation sites is 1. The Bertz CT molecular complexity index is 1100. The first kappa shape index (κ1) is 21.7. The molecule has 0 unspecified atom stereocenters. The summed E-state index contributed by atoms with van der Waals surface area (Å²) in [5, 5.41) is 3.44. The molecule has 0 spiro atoms. The maximum atomic E-state index is 13.1. The molecule has 0 saturated carbocycles. The van der Waals surface area contributed by atoms with E-state index in [2.05, 4.69) is 5.32 Å². The third-order valence-corrected chi connectivity index (χ3v) is 5.66. The molecular formula is C25H24ClN3O3. The van der Waals surface area contributed by atoms with E-state index in [4.69, 9.17) is 16.3 Å². The second-order valence-corrected chi connectivity index (χ2v) is 7.97. The van der Waals surface area contributed by atoms with Crippen LogP contribution < -0.4 is 15.0 Å². The van der Waals surface area contributed by atoms with Crippen molar-refractivity contribution in [1.29, 1.82) is 0 Å². The van der Waals surface area contributed by atoms with Crippen LogP contribution in [0.2, 0.25) is 5.02 Å². The van der Waals surface area contributed by atoms with Crippen LogP contribution in [0.25, 0.3) is 0 Å². The molecule has 6 nitrogen and oxygen atoms in total. The van der Waals surface area contributed by atoms with Gasteiger partial charge in [0.2, 0.25) is 0 Å². The van der Waals surface area contributed by atoms with Crippen molar-refractivity contribution in [2.75, 3.05) is 30.4 Å². The highest BCUT2D eigenvalue weighted by Crippen LogP contribution is 2.26. The number of anilines is 2. The fraction of sp³-hybridized carbons (Fsp3) is 0.200. The van der Waals surface area contributed by atoms with E-state index in [0.29, 0.717) is 35.9 Å². The van der Waals surface area contributed by atoms with Crippen LogP contribution in [-0.2, 0) is 6.54 Å². The fourth-order valence-corrected chi connectivity index (χ4v) is 3.86. The molecule has 7 heteroatoms. The number of carbonyl (C=O) groups is 2. The molecule has 0 aromatic heterocycles. The van der Waals surface area contributed by atoms with Crippen molar-refractivity contribution >= 4 is 34.9 Å². The monoisotopic (exact) mass is 449 g/mol. The number of nitrogens with zero attached hydrogens (tertiary/aromatic N) is 2. The smallest absolute Gasteiger partial charge is 0.324 e. The highest BCUT2D eigenvalue weighted by Gasteiger charge is 2.27. The Hall–Kier alpha value is -3.51. The van der Waals surface area contributed by atoms with Gasteiger partial charge in [0.05, 0.1) is 13.7 Å². The SMILES string of the molecule is COc1ccccc1CN1CCCN(c2ccc(NC(=O)c3ccc(Cl)cc3)cc2)C1=O. The van der Waals surface area contributed by atoms with Crippen molar-refractivity contribution in [3.63, 3.8) is 0 Å². The highest BCUT2D eigenvalue weighted by atomic mass is 35.5. The van der Waals surface area contributed by atoms with Crippen LogP contribution in [0.1, 0.15) is 22.3 Å². The molecule has 1 fully saturated rings. The molecule has 1 heterocycles. The molecule has 0 radical (unpaired) electrons. The Morgan fingerprint density at radius 1 is 1.00 bits per heavy atom. The lowest BCUT2D eigenvalue weighted by molar-refractivity contribution is 0.102. The molecule has 1 aliphatic rings. The largest absolute Gasteiger partial charge is 0.496 e. The van der Waals surface area contributed by atoms with E-state index in [0.717, 1.165) is 23.4 Å². The summed E-state index contributed by atoms with van der Waals surface area (Å²) in [4.78, 5) is 29.1. The number of nitrogens with one attached hydrogen (secondary N) is 1. The number of amides is 3. The topological polar surface area (TPSA) is 61.9 Å². The second kappa shape index (κ2) is 9.75. The number of hydrogen-bond acceptors (Lipinski definition) is 3. The summed E-state index contributed by atoms with van der Waals surface area (Å²) < 4.78 is 5.42. The molecule has 0 aliphatic carbocycles. The average Bonchev–Trinajstić information content (AvgIpc) is 2.82. The lowest BCUT2D eigenvalue weighted by Gasteiger charge is -2.36. The number of hydrogen-bond donors (Lipinski definition) is 1. The van der Waals surface area contributed by atoms with Crippen LogP contribution in [0.5, 0.6) is 5.75 Å². The molecule has 0 bridgehead atoms. The minimum Gasteiger partial charge on any atom is -0.496 e. The molecule has 0 atom stereocenters. The van der Waals surface area contributed by atoms with E-state index in [1.807, 2.05) is 41.3 Å². The summed E-state index contributed by atoms with van der Waals surface area (Å²) in [6.07, 6.45) is 0.871. The van der Waals surface area contributed by atoms with Crippen LogP contribution >= 0.6 is 11.6 Å². The zero-order chi connectivity index (χ0) is 22.5. The summed E-state index contributed by atoms with van der Waals surface area (Å²) in [5.74, 6) is 0.560. The zero-order valence-corrected chi connectivity index (χ0v) is 18.5. The fourth-order valence-electron chi connectivity index (χ4n) is 3.74. The van der Waals surface area contributed by atoms with Gasteiger partial charge in [-0.2, -0.15) is 0 Å². The lowest BCUT2D eigenvalue weighted by Crippen LogP contribution is -2.49. The van der Waals surface area contributed by atoms with E-state index < -0.39 is 0 Å². The molecule has 164 valence electrons. The molecular weight excluding hydrogens is 426 g/mol. The number of benzene rings is 3. The Balaban J connectivity index is 1.43. The predicted molar refractivity (Wildman–Crippen MR) is 127 cm³/mol. The Morgan fingerprint density at radius 3 is 2.44 bits per heavy atom. The minimum absolute atomic E-state index is 0.0416. The van der Waals surface area contributed by atoms with Gasteiger partial charge in [-0.05, 0) is 61.0 Å². The maximum Gasteiger partial charge on any atom is 0.324 e. The summed E-state index contributed by atoms with van der Waals surface area (Å²) in [6, 6.07) is 21.7. The van der Waals surface area contributed by atoms with Crippen molar-refractivity contribution in [2.24, 2.45) is 0 Å². The van der Waals surface area contributed by atoms with Gasteiger partial charge in [0.25, 0.3) is 5.91 Å². The van der Waals surface area contributed by atoms with Crippen molar-refractivity contribution in [1.82, 2.24) is 4.90 Å². The van der Waals surface area contributed by atoms with Crippen molar-refractivity contribution in [3.05, 3.63) is 88.9 Å². The Kier molecular flexibility index (Phi) is 6.61. The third-order valence-electron chi connectivity index (χ3n) is 5.41. The van der Waals surface area contributed by atoms with Gasteiger partial charge in [-0.25, -0.2) is 4.79 Å². The first-order valence-corrected chi connectivity index (χ1v) is 10.8. The number of halogens is 1. The molecule has 4 rings (SSSR count). The predicted octanol–water partition coefficient (Wildman–Crippen LogP) is 5.43. The van der Waals surface area contributed by atoms with Crippen LogP contribution in [0.15, 0.2) is 72.8 Å². The molecule has 1 aliphatic heterocycles. The number of carbonyl (C=O) groups excluding carboxylic acids is 2. The van der Waals surface area contributed by atoms with Gasteiger partial charge in [-0.1, -0.05) is 29.8 Å². The molecule has 1 saturated heterocycles. The number of rotatable bonds is 6. The third kappa shape index (κ3) is 4.86. The standard InChI is InChI=1S/C25H24ClN3O3/c1-32-23-6-3-2-5-19(23)17-28-15-4-16-29(25(28)31)22-13-11-21(12-14-22)27-24(30)18-7-9-20(26)10-8-18/h2-3,5-14H,4,15-17H2,1H3,(H,27,30). The van der Waals surface area contributed by atoms with Crippen LogP contribution in [-0.4, -0.2) is 37.0 Å². The summed E-state index contributed by atoms with van der Waals surface area (Å²) in [5.41, 5.74) is 2.95. The summed E-state index contributed by atoms with van der Waals surface area (Å²) in [7, 11) is 1.64. The average molecular weight is 450 g/mol. The molecule has 32 heavy (non-hydrogen) atoms. The first-order chi connectivity index (χ1) is 15.5. The van der Waals surface area contributed by atoms with Gasteiger partial charge in [0.15, 0.2) is 0 Å². The van der Waals surface area contributed by atoms with Gasteiger partial charge >= 0.3 is 6.03 Å². The van der Waals surface area contributed by atoms with Crippen LogP contribution in [0, 0.1) is 0 Å². The van der Waals surface area contributed by atoms with Crippen molar-refractivity contribution in [2.45, 2.75) is 13.0 Å². The second-order valence-electron chi connectivity index (χ2n) is 7.53. The normalized spacial score (nSPS) is 13.8. The Labute approximate surface area is 192 Å². The van der Waals surface area contributed by atoms with Gasteiger partial charge in [-0.3, -0.25) is 9.69 Å². The summed E-state index contributed by atoms with van der Waals surface area (Å²) >= 11 is 5.88. The first-order valence-electron chi connectivity index (χ1n) is 10.4. The van der Waals surface area contributed by atoms with Crippen molar-refractivity contribution < 1.29 is 14.3 Å². The molecule has 1 N–H and O–H groups in total. The summed E-state index contributed by atoms with van der Waals surface area (Å²) in [6.45, 7) is 1.84. The number of urea groups is 1. The highest BCUT2D eigenvalue weighted by molar-refractivity contribution is 6.30. The molecule has 3 amide bonds. The van der Waals surface area contributed by atoms with E-state index in [1.54, 1.807) is 48.4 Å². The Morgan fingerprint density at radius 2 is 1.72 bits per heavy atom. The van der Waals surface area contributed by atoms with E-state index >= 15 is 0 Å². The van der Waals surface area contributed by atoms with Crippen LogP contribution in [0.4, 0.5) is 16.2 Å². The van der Waals surface area contributed by atoms with E-state index in [9.17, 15) is 9.59 Å². The minimum atomic E-state index is -0.216. The number of methoxy groups -OCH3 is 1. The lowest BCUT2D eigenvalue weighted by atomic mass is 10.1.